The van der Waals surface area contributed by atoms with Crippen molar-refractivity contribution < 1.29 is 0 Å². The van der Waals surface area contributed by atoms with E-state index in [0.29, 0.717) is 0 Å². The van der Waals surface area contributed by atoms with Gasteiger partial charge < -0.3 is 9.13 Å². The molecule has 4 nitrogen and oxygen atoms in total. The van der Waals surface area contributed by atoms with Crippen molar-refractivity contribution in [1.29, 1.82) is 0 Å². The van der Waals surface area contributed by atoms with E-state index in [0.717, 1.165) is 50.5 Å². The highest BCUT2D eigenvalue weighted by atomic mass is 32.1. The Bertz CT molecular complexity index is 3540. The second-order valence-electron chi connectivity index (χ2n) is 14.6. The van der Waals surface area contributed by atoms with E-state index in [1.807, 2.05) is 23.5 Å². The fourth-order valence-corrected chi connectivity index (χ4v) is 10.3. The van der Waals surface area contributed by atoms with Crippen LogP contribution in [0.2, 0.25) is 0 Å². The van der Waals surface area contributed by atoms with Crippen LogP contribution >= 0.6 is 11.3 Å². The molecule has 56 heavy (non-hydrogen) atoms. The van der Waals surface area contributed by atoms with Crippen LogP contribution in [0.4, 0.5) is 0 Å². The van der Waals surface area contributed by atoms with E-state index in [2.05, 4.69) is 180 Å². The molecule has 0 saturated carbocycles. The summed E-state index contributed by atoms with van der Waals surface area (Å²) in [7, 11) is 0. The van der Waals surface area contributed by atoms with Gasteiger partial charge in [-0.2, -0.15) is 0 Å². The molecule has 12 aromatic rings. The standard InChI is InChI=1S/C51H32N4S/c1-31-30-33(51-52-39-24-12-8-20-35(39)47(53-51)32-16-4-2-5-17-32)28-29-40(31)55-42-26-14-9-21-36(42)44-45-38-23-11-15-27-43(38)56-50(45)46-37-22-10-13-25-41(37)54(49(46)48(44)55)34-18-6-3-7-19-34/h2-30H,1H3. The number of hydrogen-bond acceptors (Lipinski definition) is 3. The molecule has 0 aliphatic rings. The number of fused-ring (bicyclic) bond motifs is 13. The lowest BCUT2D eigenvalue weighted by atomic mass is 10.0. The number of rotatable bonds is 4. The summed E-state index contributed by atoms with van der Waals surface area (Å²) >= 11 is 1.91. The molecule has 5 heteroatoms. The maximum Gasteiger partial charge on any atom is 0.160 e. The lowest BCUT2D eigenvalue weighted by molar-refractivity contribution is 1.13. The van der Waals surface area contributed by atoms with Gasteiger partial charge in [0.2, 0.25) is 0 Å². The number of hydrogen-bond donors (Lipinski definition) is 0. The Morgan fingerprint density at radius 1 is 0.464 bits per heavy atom. The first-order valence-corrected chi connectivity index (χ1v) is 19.8. The molecular weight excluding hydrogens is 701 g/mol. The van der Waals surface area contributed by atoms with Crippen LogP contribution in [0.3, 0.4) is 0 Å². The third-order valence-corrected chi connectivity index (χ3v) is 12.6. The quantitative estimate of drug-likeness (QED) is 0.181. The van der Waals surface area contributed by atoms with Crippen molar-refractivity contribution in [2.75, 3.05) is 0 Å². The molecule has 0 aliphatic heterocycles. The zero-order valence-corrected chi connectivity index (χ0v) is 31.3. The Morgan fingerprint density at radius 2 is 1.07 bits per heavy atom. The first-order chi connectivity index (χ1) is 27.7. The van der Waals surface area contributed by atoms with Gasteiger partial charge in [0, 0.05) is 69.6 Å². The molecule has 8 aromatic carbocycles. The van der Waals surface area contributed by atoms with Gasteiger partial charge in [0.15, 0.2) is 5.82 Å². The molecule has 0 aliphatic carbocycles. The van der Waals surface area contributed by atoms with E-state index in [1.165, 1.54) is 63.8 Å². The summed E-state index contributed by atoms with van der Waals surface area (Å²) in [6.45, 7) is 2.22. The summed E-state index contributed by atoms with van der Waals surface area (Å²) in [5.41, 5.74) is 12.2. The van der Waals surface area contributed by atoms with E-state index in [9.17, 15) is 0 Å². The van der Waals surface area contributed by atoms with Gasteiger partial charge in [0.05, 0.1) is 33.3 Å². The average molecular weight is 733 g/mol. The van der Waals surface area contributed by atoms with Gasteiger partial charge in [-0.15, -0.1) is 11.3 Å². The maximum absolute atomic E-state index is 5.22. The monoisotopic (exact) mass is 732 g/mol. The summed E-state index contributed by atoms with van der Waals surface area (Å²) in [6.07, 6.45) is 0. The van der Waals surface area contributed by atoms with E-state index in [-0.39, 0.29) is 0 Å². The fourth-order valence-electron chi connectivity index (χ4n) is 9.04. The molecule has 0 atom stereocenters. The molecule has 0 amide bonds. The highest BCUT2D eigenvalue weighted by Gasteiger charge is 2.27. The van der Waals surface area contributed by atoms with E-state index < -0.39 is 0 Å². The van der Waals surface area contributed by atoms with E-state index >= 15 is 0 Å². The molecule has 262 valence electrons. The van der Waals surface area contributed by atoms with Crippen LogP contribution in [0.15, 0.2) is 176 Å². The highest BCUT2D eigenvalue weighted by molar-refractivity contribution is 7.27. The third kappa shape index (κ3) is 4.40. The van der Waals surface area contributed by atoms with Gasteiger partial charge in [-0.25, -0.2) is 9.97 Å². The number of aromatic nitrogens is 4. The normalized spacial score (nSPS) is 12.0. The van der Waals surface area contributed by atoms with Crippen molar-refractivity contribution in [2.45, 2.75) is 6.92 Å². The molecule has 0 unspecified atom stereocenters. The van der Waals surface area contributed by atoms with E-state index in [1.54, 1.807) is 0 Å². The Kier molecular flexibility index (Phi) is 6.68. The number of aryl methyl sites for hydroxylation is 1. The minimum absolute atomic E-state index is 0.720. The van der Waals surface area contributed by atoms with E-state index in [4.69, 9.17) is 9.97 Å². The summed E-state index contributed by atoms with van der Waals surface area (Å²) < 4.78 is 7.64. The first-order valence-electron chi connectivity index (χ1n) is 19.0. The molecule has 0 N–H and O–H groups in total. The molecule has 0 bridgehead atoms. The molecule has 4 aromatic heterocycles. The van der Waals surface area contributed by atoms with Gasteiger partial charge >= 0.3 is 0 Å². The minimum atomic E-state index is 0.720. The molecular formula is C51H32N4S. The van der Waals surface area contributed by atoms with Gasteiger partial charge in [0.1, 0.15) is 0 Å². The zero-order chi connectivity index (χ0) is 36.9. The third-order valence-electron chi connectivity index (χ3n) is 11.4. The van der Waals surface area contributed by atoms with Crippen molar-refractivity contribution in [3.05, 3.63) is 181 Å². The summed E-state index contributed by atoms with van der Waals surface area (Å²) in [6, 6.07) is 63.1. The first kappa shape index (κ1) is 31.3. The second-order valence-corrected chi connectivity index (χ2v) is 15.6. The van der Waals surface area contributed by atoms with Crippen LogP contribution in [0.25, 0.3) is 109 Å². The van der Waals surface area contributed by atoms with Crippen LogP contribution in [0.5, 0.6) is 0 Å². The van der Waals surface area contributed by atoms with Gasteiger partial charge in [-0.1, -0.05) is 121 Å². The Hall–Kier alpha value is -7.08. The van der Waals surface area contributed by atoms with Crippen molar-refractivity contribution in [2.24, 2.45) is 0 Å². The van der Waals surface area contributed by atoms with Gasteiger partial charge in [-0.3, -0.25) is 0 Å². The van der Waals surface area contributed by atoms with Gasteiger partial charge in [0.25, 0.3) is 0 Å². The van der Waals surface area contributed by atoms with Gasteiger partial charge in [-0.05, 0) is 67.1 Å². The average Bonchev–Trinajstić information content (AvgIpc) is 3.92. The summed E-state index contributed by atoms with van der Waals surface area (Å²) in [5.74, 6) is 0.720. The Balaban J connectivity index is 1.21. The summed E-state index contributed by atoms with van der Waals surface area (Å²) in [5, 5.41) is 8.76. The lowest BCUT2D eigenvalue weighted by Crippen LogP contribution is -2.01. The Morgan fingerprint density at radius 3 is 1.84 bits per heavy atom. The smallest absolute Gasteiger partial charge is 0.160 e. The van der Waals surface area contributed by atoms with Crippen LogP contribution in [-0.2, 0) is 0 Å². The predicted molar refractivity (Wildman–Crippen MR) is 237 cm³/mol. The largest absolute Gasteiger partial charge is 0.307 e. The fraction of sp³-hybridized carbons (Fsp3) is 0.0196. The Labute approximate surface area is 326 Å². The number of thiophene rings is 1. The van der Waals surface area contributed by atoms with Crippen molar-refractivity contribution in [3.63, 3.8) is 0 Å². The SMILES string of the molecule is Cc1cc(-c2nc(-c3ccccc3)c3ccccc3n2)ccc1-n1c2ccccc2c2c3c4ccccc4sc3c3c4ccccc4n(-c4ccccc4)c3c21. The number of nitrogens with zero attached hydrogens (tertiary/aromatic N) is 4. The number of benzene rings is 8. The van der Waals surface area contributed by atoms with Crippen LogP contribution in [0, 0.1) is 6.92 Å². The molecule has 0 radical (unpaired) electrons. The lowest BCUT2D eigenvalue weighted by Gasteiger charge is -2.16. The van der Waals surface area contributed by atoms with Crippen LogP contribution in [-0.4, -0.2) is 19.1 Å². The molecule has 0 fully saturated rings. The topological polar surface area (TPSA) is 35.6 Å². The predicted octanol–water partition coefficient (Wildman–Crippen LogP) is 13.8. The van der Waals surface area contributed by atoms with Crippen molar-refractivity contribution >= 4 is 86.0 Å². The molecule has 0 saturated heterocycles. The zero-order valence-electron chi connectivity index (χ0n) is 30.4. The van der Waals surface area contributed by atoms with Crippen molar-refractivity contribution in [3.8, 4) is 34.0 Å². The van der Waals surface area contributed by atoms with Crippen LogP contribution < -0.4 is 0 Å². The second kappa shape index (κ2) is 12.0. The molecule has 4 heterocycles. The van der Waals surface area contributed by atoms with Crippen LogP contribution in [0.1, 0.15) is 5.56 Å². The molecule has 0 spiro atoms. The van der Waals surface area contributed by atoms with Crippen molar-refractivity contribution in [1.82, 2.24) is 19.1 Å². The number of para-hydroxylation sites is 4. The minimum Gasteiger partial charge on any atom is -0.307 e. The highest BCUT2D eigenvalue weighted by Crippen LogP contribution is 2.51. The summed E-state index contributed by atoms with van der Waals surface area (Å²) in [4.78, 5) is 10.3. The maximum atomic E-state index is 5.22. The molecule has 12 rings (SSSR count).